The van der Waals surface area contributed by atoms with Crippen molar-refractivity contribution in [1.82, 2.24) is 9.80 Å². The molecule has 4 N–H and O–H groups in total. The van der Waals surface area contributed by atoms with E-state index in [0.717, 1.165) is 32.4 Å². The number of hydrogen-bond donors (Lipinski definition) is 2. The Balaban J connectivity index is 2.38. The fraction of sp³-hybridized carbons (Fsp3) is 0.846. The molecule has 0 bridgehead atoms. The van der Waals surface area contributed by atoms with Crippen molar-refractivity contribution in [2.45, 2.75) is 32.1 Å². The monoisotopic (exact) mass is 270 g/mol. The summed E-state index contributed by atoms with van der Waals surface area (Å²) in [4.78, 5) is 27.5. The van der Waals surface area contributed by atoms with Gasteiger partial charge in [-0.15, -0.1) is 0 Å². The van der Waals surface area contributed by atoms with Crippen LogP contribution >= 0.6 is 0 Å². The summed E-state index contributed by atoms with van der Waals surface area (Å²) in [6.07, 6.45) is 3.33. The van der Waals surface area contributed by atoms with Crippen LogP contribution in [0, 0.1) is 0 Å². The molecule has 1 heterocycles. The molecule has 2 amide bonds. The van der Waals surface area contributed by atoms with E-state index >= 15 is 0 Å². The first-order valence-corrected chi connectivity index (χ1v) is 7.14. The quantitative estimate of drug-likeness (QED) is 0.682. The van der Waals surface area contributed by atoms with Crippen LogP contribution in [0.2, 0.25) is 0 Å². The average molecular weight is 270 g/mol. The molecule has 0 saturated carbocycles. The van der Waals surface area contributed by atoms with Gasteiger partial charge < -0.3 is 21.3 Å². The first kappa shape index (κ1) is 15.9. The predicted octanol–water partition coefficient (Wildman–Crippen LogP) is -0.475. The molecule has 0 atom stereocenters. The van der Waals surface area contributed by atoms with Gasteiger partial charge in [0.1, 0.15) is 0 Å². The first-order valence-electron chi connectivity index (χ1n) is 7.14. The Morgan fingerprint density at radius 1 is 0.789 bits per heavy atom. The molecule has 1 fully saturated rings. The lowest BCUT2D eigenvalue weighted by molar-refractivity contribution is -0.133. The zero-order valence-corrected chi connectivity index (χ0v) is 11.6. The third-order valence-corrected chi connectivity index (χ3v) is 3.39. The Hall–Kier alpha value is -1.14. The highest BCUT2D eigenvalue weighted by Gasteiger charge is 2.21. The van der Waals surface area contributed by atoms with Crippen LogP contribution in [0.3, 0.4) is 0 Å². The first-order chi connectivity index (χ1) is 9.19. The van der Waals surface area contributed by atoms with E-state index in [4.69, 9.17) is 11.5 Å². The molecule has 1 aliphatic heterocycles. The summed E-state index contributed by atoms with van der Waals surface area (Å²) in [7, 11) is 0. The molecule has 0 aliphatic carbocycles. The van der Waals surface area contributed by atoms with E-state index in [0.29, 0.717) is 39.0 Å². The van der Waals surface area contributed by atoms with E-state index < -0.39 is 0 Å². The van der Waals surface area contributed by atoms with E-state index in [-0.39, 0.29) is 11.8 Å². The number of rotatable bonds is 6. The highest BCUT2D eigenvalue weighted by molar-refractivity contribution is 5.77. The zero-order chi connectivity index (χ0) is 14.1. The van der Waals surface area contributed by atoms with Gasteiger partial charge in [-0.1, -0.05) is 0 Å². The third-order valence-electron chi connectivity index (χ3n) is 3.39. The van der Waals surface area contributed by atoms with E-state index in [1.807, 2.05) is 9.80 Å². The van der Waals surface area contributed by atoms with E-state index in [2.05, 4.69) is 0 Å². The van der Waals surface area contributed by atoms with Gasteiger partial charge in [-0.2, -0.15) is 0 Å². The summed E-state index contributed by atoms with van der Waals surface area (Å²) < 4.78 is 0. The fourth-order valence-corrected chi connectivity index (χ4v) is 2.24. The van der Waals surface area contributed by atoms with Gasteiger partial charge in [-0.05, 0) is 32.4 Å². The lowest BCUT2D eigenvalue weighted by atomic mass is 10.2. The fourth-order valence-electron chi connectivity index (χ4n) is 2.24. The minimum absolute atomic E-state index is 0.154. The van der Waals surface area contributed by atoms with Crippen LogP contribution in [0.25, 0.3) is 0 Å². The zero-order valence-electron chi connectivity index (χ0n) is 11.6. The van der Waals surface area contributed by atoms with Crippen molar-refractivity contribution >= 4 is 11.8 Å². The summed E-state index contributed by atoms with van der Waals surface area (Å²) in [6, 6.07) is 0. The van der Waals surface area contributed by atoms with Crippen molar-refractivity contribution in [2.24, 2.45) is 11.5 Å². The molecule has 1 saturated heterocycles. The summed E-state index contributed by atoms with van der Waals surface area (Å²) in [6.45, 7) is 3.84. The Morgan fingerprint density at radius 3 is 1.58 bits per heavy atom. The van der Waals surface area contributed by atoms with Gasteiger partial charge in [0.25, 0.3) is 0 Å². The second-order valence-electron chi connectivity index (χ2n) is 4.90. The summed E-state index contributed by atoms with van der Waals surface area (Å²) in [5.41, 5.74) is 10.8. The van der Waals surface area contributed by atoms with Gasteiger partial charge in [-0.3, -0.25) is 9.59 Å². The van der Waals surface area contributed by atoms with Gasteiger partial charge in [0, 0.05) is 39.0 Å². The molecule has 0 aromatic rings. The molecular formula is C13H26N4O2. The van der Waals surface area contributed by atoms with E-state index in [9.17, 15) is 9.59 Å². The highest BCUT2D eigenvalue weighted by atomic mass is 16.2. The predicted molar refractivity (Wildman–Crippen MR) is 74.4 cm³/mol. The van der Waals surface area contributed by atoms with Gasteiger partial charge in [-0.25, -0.2) is 0 Å². The van der Waals surface area contributed by atoms with Gasteiger partial charge >= 0.3 is 0 Å². The van der Waals surface area contributed by atoms with E-state index in [1.54, 1.807) is 0 Å². The SMILES string of the molecule is NCCCC(=O)N1CCCN(C(=O)CCCN)CC1. The van der Waals surface area contributed by atoms with Gasteiger partial charge in [0.05, 0.1) is 0 Å². The minimum atomic E-state index is 0.154. The van der Waals surface area contributed by atoms with Gasteiger partial charge in [0.15, 0.2) is 0 Å². The molecule has 1 aliphatic rings. The lowest BCUT2D eigenvalue weighted by Gasteiger charge is -2.22. The lowest BCUT2D eigenvalue weighted by Crippen LogP contribution is -2.37. The molecule has 0 aromatic carbocycles. The standard InChI is InChI=1S/C13H26N4O2/c14-6-1-4-12(18)16-8-3-9-17(11-10-16)13(19)5-2-7-15/h1-11,14-15H2. The second kappa shape index (κ2) is 8.87. The van der Waals surface area contributed by atoms with Crippen molar-refractivity contribution in [1.29, 1.82) is 0 Å². The molecule has 0 aromatic heterocycles. The maximum Gasteiger partial charge on any atom is 0.222 e. The van der Waals surface area contributed by atoms with Crippen LogP contribution in [0.4, 0.5) is 0 Å². The topological polar surface area (TPSA) is 92.7 Å². The number of carbonyl (C=O) groups excluding carboxylic acids is 2. The summed E-state index contributed by atoms with van der Waals surface area (Å²) in [5.74, 6) is 0.309. The Kier molecular flexibility index (Phi) is 7.43. The van der Waals surface area contributed by atoms with Crippen molar-refractivity contribution < 1.29 is 9.59 Å². The Bertz CT molecular complexity index is 268. The van der Waals surface area contributed by atoms with Crippen LogP contribution in [0.15, 0.2) is 0 Å². The number of amides is 2. The van der Waals surface area contributed by atoms with Crippen molar-refractivity contribution in [3.63, 3.8) is 0 Å². The van der Waals surface area contributed by atoms with Crippen molar-refractivity contribution in [3.8, 4) is 0 Å². The maximum absolute atomic E-state index is 11.9. The second-order valence-corrected chi connectivity index (χ2v) is 4.90. The van der Waals surface area contributed by atoms with Crippen molar-refractivity contribution in [2.75, 3.05) is 39.3 Å². The number of nitrogens with two attached hydrogens (primary N) is 2. The van der Waals surface area contributed by atoms with Gasteiger partial charge in [0.2, 0.25) is 11.8 Å². The van der Waals surface area contributed by atoms with E-state index in [1.165, 1.54) is 0 Å². The van der Waals surface area contributed by atoms with Crippen LogP contribution < -0.4 is 11.5 Å². The van der Waals surface area contributed by atoms with Crippen LogP contribution in [0.1, 0.15) is 32.1 Å². The smallest absolute Gasteiger partial charge is 0.222 e. The summed E-state index contributed by atoms with van der Waals surface area (Å²) in [5, 5.41) is 0. The third kappa shape index (κ3) is 5.57. The van der Waals surface area contributed by atoms with Crippen LogP contribution in [0.5, 0.6) is 0 Å². The minimum Gasteiger partial charge on any atom is -0.341 e. The Morgan fingerprint density at radius 2 is 1.21 bits per heavy atom. The molecule has 6 heteroatoms. The molecule has 0 unspecified atom stereocenters. The number of nitrogens with zero attached hydrogens (tertiary/aromatic N) is 2. The summed E-state index contributed by atoms with van der Waals surface area (Å²) >= 11 is 0. The normalized spacial score (nSPS) is 16.3. The molecule has 19 heavy (non-hydrogen) atoms. The maximum atomic E-state index is 11.9. The van der Waals surface area contributed by atoms with Crippen molar-refractivity contribution in [3.05, 3.63) is 0 Å². The molecular weight excluding hydrogens is 244 g/mol. The molecule has 110 valence electrons. The van der Waals surface area contributed by atoms with Crippen LogP contribution in [-0.2, 0) is 9.59 Å². The Labute approximate surface area is 115 Å². The molecule has 1 rings (SSSR count). The molecule has 6 nitrogen and oxygen atoms in total. The average Bonchev–Trinajstić information content (AvgIpc) is 2.68. The number of carbonyl (C=O) groups is 2. The van der Waals surface area contributed by atoms with Crippen LogP contribution in [-0.4, -0.2) is 60.9 Å². The highest BCUT2D eigenvalue weighted by Crippen LogP contribution is 2.08. The molecule has 0 spiro atoms. The largest absolute Gasteiger partial charge is 0.341 e. The number of hydrogen-bond acceptors (Lipinski definition) is 4. The molecule has 0 radical (unpaired) electrons.